The average molecular weight is 436 g/mol. The van der Waals surface area contributed by atoms with Gasteiger partial charge in [0.1, 0.15) is 0 Å². The minimum absolute atomic E-state index is 0.141. The van der Waals surface area contributed by atoms with Crippen LogP contribution < -0.4 is 10.6 Å². The fraction of sp³-hybridized carbons (Fsp3) is 0.304. The maximum atomic E-state index is 12.1. The Morgan fingerprint density at radius 1 is 1.16 bits per heavy atom. The standard InChI is InChI=1S/C23H25N5O2S/c1-2-31(29,30)28-10-7-19(8-11-28)27-23-14-21(13-18-6-9-25-16-22(18)23)26-20-5-3-4-17(12-20)15-24/h3-6,9,12-14,16,19,26-27H,2,7-8,10-11H2,1H3. The number of anilines is 3. The Kier molecular flexibility index (Phi) is 6.07. The van der Waals surface area contributed by atoms with Gasteiger partial charge in [0.15, 0.2) is 0 Å². The lowest BCUT2D eigenvalue weighted by molar-refractivity contribution is 0.330. The molecule has 2 heterocycles. The van der Waals surface area contributed by atoms with Gasteiger partial charge in [-0.05, 0) is 61.5 Å². The predicted octanol–water partition coefficient (Wildman–Crippen LogP) is 4.08. The van der Waals surface area contributed by atoms with Crippen molar-refractivity contribution < 1.29 is 8.42 Å². The summed E-state index contributed by atoms with van der Waals surface area (Å²) in [5, 5.41) is 18.2. The molecule has 8 heteroatoms. The van der Waals surface area contributed by atoms with Gasteiger partial charge in [-0.15, -0.1) is 0 Å². The summed E-state index contributed by atoms with van der Waals surface area (Å²) >= 11 is 0. The zero-order valence-electron chi connectivity index (χ0n) is 17.4. The van der Waals surface area contributed by atoms with E-state index in [1.165, 1.54) is 0 Å². The maximum absolute atomic E-state index is 12.1. The zero-order chi connectivity index (χ0) is 21.8. The van der Waals surface area contributed by atoms with Gasteiger partial charge in [-0.2, -0.15) is 5.26 Å². The minimum atomic E-state index is -3.14. The van der Waals surface area contributed by atoms with Crippen molar-refractivity contribution in [2.45, 2.75) is 25.8 Å². The zero-order valence-corrected chi connectivity index (χ0v) is 18.2. The number of hydrogen-bond donors (Lipinski definition) is 2. The molecule has 0 aliphatic carbocycles. The molecule has 7 nitrogen and oxygen atoms in total. The van der Waals surface area contributed by atoms with Crippen LogP contribution in [0.25, 0.3) is 10.8 Å². The summed E-state index contributed by atoms with van der Waals surface area (Å²) in [5.74, 6) is 0.141. The van der Waals surface area contributed by atoms with E-state index in [9.17, 15) is 8.42 Å². The van der Waals surface area contributed by atoms with Crippen LogP contribution in [0.1, 0.15) is 25.3 Å². The Bertz CT molecular complexity index is 1230. The first-order chi connectivity index (χ1) is 15.0. The van der Waals surface area contributed by atoms with E-state index < -0.39 is 10.0 Å². The molecule has 1 fully saturated rings. The van der Waals surface area contributed by atoms with Crippen molar-refractivity contribution in [2.24, 2.45) is 0 Å². The molecule has 4 rings (SSSR count). The number of piperidine rings is 1. The molecule has 0 amide bonds. The van der Waals surface area contributed by atoms with Crippen molar-refractivity contribution in [1.82, 2.24) is 9.29 Å². The molecule has 1 aliphatic rings. The molecule has 2 aromatic carbocycles. The van der Waals surface area contributed by atoms with Gasteiger partial charge in [0.05, 0.1) is 17.4 Å². The first-order valence-corrected chi connectivity index (χ1v) is 12.0. The summed E-state index contributed by atoms with van der Waals surface area (Å²) in [6.07, 6.45) is 5.11. The van der Waals surface area contributed by atoms with E-state index in [1.54, 1.807) is 23.5 Å². The highest BCUT2D eigenvalue weighted by Gasteiger charge is 2.26. The van der Waals surface area contributed by atoms with Gasteiger partial charge in [-0.1, -0.05) is 6.07 Å². The van der Waals surface area contributed by atoms with Crippen molar-refractivity contribution in [2.75, 3.05) is 29.5 Å². The van der Waals surface area contributed by atoms with Crippen molar-refractivity contribution in [3.05, 3.63) is 60.4 Å². The number of fused-ring (bicyclic) bond motifs is 1. The van der Waals surface area contributed by atoms with Gasteiger partial charge in [0.2, 0.25) is 10.0 Å². The molecule has 0 radical (unpaired) electrons. The molecular weight excluding hydrogens is 410 g/mol. The van der Waals surface area contributed by atoms with Gasteiger partial charge >= 0.3 is 0 Å². The molecule has 31 heavy (non-hydrogen) atoms. The molecule has 160 valence electrons. The normalized spacial score (nSPS) is 15.5. The third kappa shape index (κ3) is 4.79. The molecule has 2 N–H and O–H groups in total. The van der Waals surface area contributed by atoms with Crippen molar-refractivity contribution in [3.63, 3.8) is 0 Å². The monoisotopic (exact) mass is 435 g/mol. The van der Waals surface area contributed by atoms with E-state index in [2.05, 4.69) is 27.8 Å². The lowest BCUT2D eigenvalue weighted by atomic mass is 10.0. The molecule has 1 aliphatic heterocycles. The first kappa shape index (κ1) is 21.1. The summed E-state index contributed by atoms with van der Waals surface area (Å²) in [4.78, 5) is 4.27. The number of nitriles is 1. The van der Waals surface area contributed by atoms with E-state index in [1.807, 2.05) is 36.5 Å². The van der Waals surface area contributed by atoms with Gasteiger partial charge in [-0.3, -0.25) is 4.98 Å². The van der Waals surface area contributed by atoms with Gasteiger partial charge in [-0.25, -0.2) is 12.7 Å². The second kappa shape index (κ2) is 8.92. The maximum Gasteiger partial charge on any atom is 0.213 e. The van der Waals surface area contributed by atoms with Gasteiger partial charge < -0.3 is 10.6 Å². The second-order valence-corrected chi connectivity index (χ2v) is 9.91. The number of sulfonamides is 1. The number of rotatable bonds is 6. The van der Waals surface area contributed by atoms with Crippen LogP contribution in [0.4, 0.5) is 17.1 Å². The summed E-state index contributed by atoms with van der Waals surface area (Å²) in [6.45, 7) is 2.75. The molecule has 3 aromatic rings. The van der Waals surface area contributed by atoms with Crippen LogP contribution in [0.3, 0.4) is 0 Å². The Hall–Kier alpha value is -3.15. The van der Waals surface area contributed by atoms with E-state index in [0.717, 1.165) is 40.7 Å². The van der Waals surface area contributed by atoms with Gasteiger partial charge in [0.25, 0.3) is 0 Å². The Morgan fingerprint density at radius 2 is 1.97 bits per heavy atom. The van der Waals surface area contributed by atoms with Crippen LogP contribution in [0.5, 0.6) is 0 Å². The number of hydrogen-bond acceptors (Lipinski definition) is 6. The number of pyridine rings is 1. The van der Waals surface area contributed by atoms with E-state index in [0.29, 0.717) is 18.7 Å². The lowest BCUT2D eigenvalue weighted by Gasteiger charge is -2.32. The lowest BCUT2D eigenvalue weighted by Crippen LogP contribution is -2.42. The molecule has 0 saturated carbocycles. The topological polar surface area (TPSA) is 98.1 Å². The van der Waals surface area contributed by atoms with Crippen LogP contribution in [0.2, 0.25) is 0 Å². The quantitative estimate of drug-likeness (QED) is 0.605. The number of benzene rings is 2. The molecule has 0 spiro atoms. The Labute approximate surface area is 182 Å². The first-order valence-electron chi connectivity index (χ1n) is 10.4. The third-order valence-electron chi connectivity index (χ3n) is 5.61. The smallest absolute Gasteiger partial charge is 0.213 e. The number of aromatic nitrogens is 1. The molecule has 1 saturated heterocycles. The summed E-state index contributed by atoms with van der Waals surface area (Å²) in [6, 6.07) is 15.8. The molecule has 0 unspecified atom stereocenters. The summed E-state index contributed by atoms with van der Waals surface area (Å²) < 4.78 is 25.8. The van der Waals surface area contributed by atoms with Crippen LogP contribution in [-0.2, 0) is 10.0 Å². The van der Waals surface area contributed by atoms with Gasteiger partial charge in [0, 0.05) is 54.0 Å². The van der Waals surface area contributed by atoms with E-state index in [-0.39, 0.29) is 11.8 Å². The fourth-order valence-electron chi connectivity index (χ4n) is 3.90. The number of nitrogens with one attached hydrogen (secondary N) is 2. The summed E-state index contributed by atoms with van der Waals surface area (Å²) in [5.41, 5.74) is 3.31. The van der Waals surface area contributed by atoms with Crippen LogP contribution in [0.15, 0.2) is 54.9 Å². The van der Waals surface area contributed by atoms with Crippen LogP contribution in [0, 0.1) is 11.3 Å². The largest absolute Gasteiger partial charge is 0.382 e. The van der Waals surface area contributed by atoms with Crippen molar-refractivity contribution in [3.8, 4) is 6.07 Å². The minimum Gasteiger partial charge on any atom is -0.382 e. The Balaban J connectivity index is 1.57. The van der Waals surface area contributed by atoms with Crippen LogP contribution in [-0.4, -0.2) is 42.6 Å². The summed E-state index contributed by atoms with van der Waals surface area (Å²) in [7, 11) is -3.14. The molecule has 0 bridgehead atoms. The van der Waals surface area contributed by atoms with Crippen LogP contribution >= 0.6 is 0 Å². The van der Waals surface area contributed by atoms with Crippen molar-refractivity contribution in [1.29, 1.82) is 5.26 Å². The highest BCUT2D eigenvalue weighted by molar-refractivity contribution is 7.89. The number of nitrogens with zero attached hydrogens (tertiary/aromatic N) is 3. The SMILES string of the molecule is CCS(=O)(=O)N1CCC(Nc2cc(Nc3cccc(C#N)c3)cc3ccncc23)CC1. The second-order valence-electron chi connectivity index (χ2n) is 7.66. The highest BCUT2D eigenvalue weighted by Crippen LogP contribution is 2.31. The van der Waals surface area contributed by atoms with E-state index >= 15 is 0 Å². The van der Waals surface area contributed by atoms with Crippen molar-refractivity contribution >= 4 is 37.9 Å². The predicted molar refractivity (Wildman–Crippen MR) is 124 cm³/mol. The molecule has 1 aromatic heterocycles. The molecule has 0 atom stereocenters. The third-order valence-corrected chi connectivity index (χ3v) is 7.49. The average Bonchev–Trinajstić information content (AvgIpc) is 2.79. The fourth-order valence-corrected chi connectivity index (χ4v) is 5.04. The Morgan fingerprint density at radius 3 is 2.71 bits per heavy atom. The van der Waals surface area contributed by atoms with E-state index in [4.69, 9.17) is 5.26 Å². The molecular formula is C23H25N5O2S. The highest BCUT2D eigenvalue weighted by atomic mass is 32.2.